The molecule has 2 aromatic carbocycles. The Balaban J connectivity index is 2.16. The van der Waals surface area contributed by atoms with Crippen molar-refractivity contribution in [1.29, 1.82) is 0 Å². The SMILES string of the molecule is CCc1ccc(N(CCCC(=O)N(Cc2ccc(F)cc2)[C@H](C)C(=O)N[C@H](C)CC)S(C)(=O)=O)cc1. The van der Waals surface area contributed by atoms with Crippen LogP contribution in [0.2, 0.25) is 0 Å². The fraction of sp³-hybridized carbons (Fsp3) is 0.481. The molecule has 7 nitrogen and oxygen atoms in total. The van der Waals surface area contributed by atoms with Gasteiger partial charge in [0.25, 0.3) is 0 Å². The monoisotopic (exact) mass is 519 g/mol. The highest BCUT2D eigenvalue weighted by atomic mass is 32.2. The molecule has 0 aliphatic carbocycles. The van der Waals surface area contributed by atoms with Crippen molar-refractivity contribution >= 4 is 27.5 Å². The van der Waals surface area contributed by atoms with Crippen molar-refractivity contribution in [2.45, 2.75) is 72.0 Å². The third-order valence-corrected chi connectivity index (χ3v) is 7.41. The molecule has 0 unspecified atom stereocenters. The lowest BCUT2D eigenvalue weighted by molar-refractivity contribution is -0.140. The van der Waals surface area contributed by atoms with Crippen molar-refractivity contribution < 1.29 is 22.4 Å². The number of nitrogens with one attached hydrogen (secondary N) is 1. The van der Waals surface area contributed by atoms with Gasteiger partial charge in [-0.15, -0.1) is 0 Å². The minimum absolute atomic E-state index is 0.0369. The third kappa shape index (κ3) is 8.62. The van der Waals surface area contributed by atoms with E-state index in [0.29, 0.717) is 11.3 Å². The summed E-state index contributed by atoms with van der Waals surface area (Å²) in [6.45, 7) is 7.81. The first kappa shape index (κ1) is 29.3. The summed E-state index contributed by atoms with van der Waals surface area (Å²) in [6.07, 6.45) is 3.08. The van der Waals surface area contributed by atoms with E-state index in [2.05, 4.69) is 5.32 Å². The summed E-state index contributed by atoms with van der Waals surface area (Å²) >= 11 is 0. The van der Waals surface area contributed by atoms with Crippen LogP contribution in [0.25, 0.3) is 0 Å². The predicted molar refractivity (Wildman–Crippen MR) is 142 cm³/mol. The molecule has 2 atom stereocenters. The number of halogens is 1. The number of benzene rings is 2. The van der Waals surface area contributed by atoms with E-state index >= 15 is 0 Å². The summed E-state index contributed by atoms with van der Waals surface area (Å²) in [7, 11) is -3.55. The summed E-state index contributed by atoms with van der Waals surface area (Å²) in [5, 5.41) is 2.90. The standard InChI is InChI=1S/C27H38FN3O4S/c1-6-20(3)29-27(33)21(4)30(19-23-10-14-24(28)15-11-23)26(32)9-8-18-31(36(5,34)35)25-16-12-22(7-2)13-17-25/h10-17,20-21H,6-9,18-19H2,1-5H3,(H,29,33)/t20-,21-/m1/s1. The Morgan fingerprint density at radius 2 is 1.56 bits per heavy atom. The number of sulfonamides is 1. The van der Waals surface area contributed by atoms with E-state index in [1.165, 1.54) is 21.3 Å². The molecule has 1 N–H and O–H groups in total. The molecule has 0 saturated heterocycles. The number of hydrogen-bond donors (Lipinski definition) is 1. The Bertz CT molecular complexity index is 1100. The van der Waals surface area contributed by atoms with Crippen LogP contribution in [0.3, 0.4) is 0 Å². The van der Waals surface area contributed by atoms with Crippen LogP contribution in [0.4, 0.5) is 10.1 Å². The van der Waals surface area contributed by atoms with E-state index in [-0.39, 0.29) is 49.6 Å². The molecule has 0 radical (unpaired) electrons. The molecule has 36 heavy (non-hydrogen) atoms. The normalized spacial score (nSPS) is 13.1. The average molecular weight is 520 g/mol. The predicted octanol–water partition coefficient (Wildman–Crippen LogP) is 4.27. The van der Waals surface area contributed by atoms with Crippen LogP contribution in [-0.4, -0.2) is 50.0 Å². The van der Waals surface area contributed by atoms with Gasteiger partial charge < -0.3 is 10.2 Å². The fourth-order valence-electron chi connectivity index (χ4n) is 3.74. The van der Waals surface area contributed by atoms with Crippen LogP contribution in [0.1, 0.15) is 58.1 Å². The summed E-state index contributed by atoms with van der Waals surface area (Å²) in [5.41, 5.74) is 2.34. The smallest absolute Gasteiger partial charge is 0.242 e. The lowest BCUT2D eigenvalue weighted by Crippen LogP contribution is -2.49. The Kier molecular flexibility index (Phi) is 10.9. The summed E-state index contributed by atoms with van der Waals surface area (Å²) in [4.78, 5) is 27.5. The maximum absolute atomic E-state index is 13.4. The van der Waals surface area contributed by atoms with Gasteiger partial charge in [0.2, 0.25) is 21.8 Å². The van der Waals surface area contributed by atoms with Crippen LogP contribution in [0.15, 0.2) is 48.5 Å². The van der Waals surface area contributed by atoms with Crippen LogP contribution >= 0.6 is 0 Å². The number of rotatable bonds is 13. The number of hydrogen-bond acceptors (Lipinski definition) is 4. The molecular weight excluding hydrogens is 481 g/mol. The van der Waals surface area contributed by atoms with E-state index in [1.807, 2.05) is 32.9 Å². The topological polar surface area (TPSA) is 86.8 Å². The Labute approximate surface area is 214 Å². The largest absolute Gasteiger partial charge is 0.352 e. The number of carbonyl (C=O) groups excluding carboxylic acids is 2. The second kappa shape index (κ2) is 13.4. The van der Waals surface area contributed by atoms with Gasteiger partial charge in [0.15, 0.2) is 0 Å². The molecule has 198 valence electrons. The Morgan fingerprint density at radius 3 is 2.08 bits per heavy atom. The number of anilines is 1. The highest BCUT2D eigenvalue weighted by Gasteiger charge is 2.27. The first-order chi connectivity index (χ1) is 17.0. The van der Waals surface area contributed by atoms with Gasteiger partial charge in [-0.2, -0.15) is 0 Å². The van der Waals surface area contributed by atoms with Crippen molar-refractivity contribution in [3.05, 3.63) is 65.5 Å². The molecule has 0 fully saturated rings. The van der Waals surface area contributed by atoms with E-state index < -0.39 is 16.1 Å². The first-order valence-corrected chi connectivity index (χ1v) is 14.2. The highest BCUT2D eigenvalue weighted by Crippen LogP contribution is 2.20. The number of carbonyl (C=O) groups is 2. The van der Waals surface area contributed by atoms with Gasteiger partial charge in [-0.25, -0.2) is 12.8 Å². The van der Waals surface area contributed by atoms with Crippen molar-refractivity contribution in [2.24, 2.45) is 0 Å². The maximum Gasteiger partial charge on any atom is 0.242 e. The van der Waals surface area contributed by atoms with E-state index in [0.717, 1.165) is 24.7 Å². The van der Waals surface area contributed by atoms with Gasteiger partial charge in [-0.3, -0.25) is 13.9 Å². The summed E-state index contributed by atoms with van der Waals surface area (Å²) < 4.78 is 39.5. The second-order valence-electron chi connectivity index (χ2n) is 9.10. The van der Waals surface area contributed by atoms with Gasteiger partial charge in [0.05, 0.1) is 11.9 Å². The van der Waals surface area contributed by atoms with Crippen molar-refractivity contribution in [3.8, 4) is 0 Å². The summed E-state index contributed by atoms with van der Waals surface area (Å²) in [6, 6.07) is 12.3. The van der Waals surface area contributed by atoms with Gasteiger partial charge >= 0.3 is 0 Å². The van der Waals surface area contributed by atoms with Crippen LogP contribution in [0, 0.1) is 5.82 Å². The van der Waals surface area contributed by atoms with Crippen molar-refractivity contribution in [1.82, 2.24) is 10.2 Å². The molecule has 0 aliphatic rings. The van der Waals surface area contributed by atoms with E-state index in [9.17, 15) is 22.4 Å². The molecule has 0 aliphatic heterocycles. The van der Waals surface area contributed by atoms with E-state index in [1.54, 1.807) is 31.2 Å². The number of aryl methyl sites for hydroxylation is 1. The number of nitrogens with zero attached hydrogens (tertiary/aromatic N) is 2. The van der Waals surface area contributed by atoms with Crippen LogP contribution in [0.5, 0.6) is 0 Å². The van der Waals surface area contributed by atoms with Crippen LogP contribution in [-0.2, 0) is 32.6 Å². The summed E-state index contributed by atoms with van der Waals surface area (Å²) in [5.74, 6) is -0.929. The minimum Gasteiger partial charge on any atom is -0.352 e. The van der Waals surface area contributed by atoms with Gasteiger partial charge in [-0.1, -0.05) is 38.1 Å². The first-order valence-electron chi connectivity index (χ1n) is 12.4. The van der Waals surface area contributed by atoms with Crippen LogP contribution < -0.4 is 9.62 Å². The maximum atomic E-state index is 13.4. The lowest BCUT2D eigenvalue weighted by atomic mass is 10.1. The molecule has 2 rings (SSSR count). The Hall–Kier alpha value is -2.94. The zero-order valence-corrected chi connectivity index (χ0v) is 22.6. The molecule has 9 heteroatoms. The molecule has 2 aromatic rings. The lowest BCUT2D eigenvalue weighted by Gasteiger charge is -2.30. The molecule has 0 spiro atoms. The molecular formula is C27H38FN3O4S. The zero-order chi connectivity index (χ0) is 26.9. The van der Waals surface area contributed by atoms with Gasteiger partial charge in [-0.05, 0) is 68.5 Å². The zero-order valence-electron chi connectivity index (χ0n) is 21.8. The highest BCUT2D eigenvalue weighted by molar-refractivity contribution is 7.92. The van der Waals surface area contributed by atoms with E-state index in [4.69, 9.17) is 0 Å². The minimum atomic E-state index is -3.55. The van der Waals surface area contributed by atoms with Crippen molar-refractivity contribution in [3.63, 3.8) is 0 Å². The molecule has 0 heterocycles. The van der Waals surface area contributed by atoms with Gasteiger partial charge in [0.1, 0.15) is 11.9 Å². The average Bonchev–Trinajstić information content (AvgIpc) is 2.85. The molecule has 0 saturated carbocycles. The fourth-order valence-corrected chi connectivity index (χ4v) is 4.70. The Morgan fingerprint density at radius 1 is 0.972 bits per heavy atom. The quantitative estimate of drug-likeness (QED) is 0.428. The third-order valence-electron chi connectivity index (χ3n) is 6.22. The second-order valence-corrected chi connectivity index (χ2v) is 11.0. The number of amides is 2. The molecule has 0 bridgehead atoms. The molecule has 2 amide bonds. The van der Waals surface area contributed by atoms with Crippen molar-refractivity contribution in [2.75, 3.05) is 17.1 Å². The molecule has 0 aromatic heterocycles. The van der Waals surface area contributed by atoms with Gasteiger partial charge in [0, 0.05) is 25.6 Å².